The standard InChI is InChI=1S/C17H13Cl2NO2/c1-11(21)13-3-2-4-15(9-13)20-17(22)8-6-12-5-7-14(18)10-16(12)19/h2-10H,1H3,(H,20,22)/b8-6+. The van der Waals surface area contributed by atoms with Crippen molar-refractivity contribution in [3.63, 3.8) is 0 Å². The summed E-state index contributed by atoms with van der Waals surface area (Å²) in [5, 5.41) is 3.69. The first-order chi connectivity index (χ1) is 10.5. The minimum absolute atomic E-state index is 0.0559. The van der Waals surface area contributed by atoms with Crippen LogP contribution < -0.4 is 5.32 Å². The number of hydrogen-bond donors (Lipinski definition) is 1. The predicted molar refractivity (Wildman–Crippen MR) is 90.6 cm³/mol. The fraction of sp³-hybridized carbons (Fsp3) is 0.0588. The minimum Gasteiger partial charge on any atom is -0.322 e. The van der Waals surface area contributed by atoms with E-state index in [1.165, 1.54) is 13.0 Å². The highest BCUT2D eigenvalue weighted by atomic mass is 35.5. The molecule has 0 fully saturated rings. The van der Waals surface area contributed by atoms with Crippen LogP contribution in [-0.2, 0) is 4.79 Å². The van der Waals surface area contributed by atoms with Crippen molar-refractivity contribution in [3.05, 3.63) is 69.7 Å². The molecule has 112 valence electrons. The molecule has 0 bridgehead atoms. The Morgan fingerprint density at radius 3 is 2.55 bits per heavy atom. The molecule has 3 nitrogen and oxygen atoms in total. The molecule has 1 N–H and O–H groups in total. The van der Waals surface area contributed by atoms with E-state index in [0.29, 0.717) is 26.9 Å². The van der Waals surface area contributed by atoms with Gasteiger partial charge in [0.25, 0.3) is 0 Å². The van der Waals surface area contributed by atoms with Crippen LogP contribution in [0.15, 0.2) is 48.5 Å². The number of rotatable bonds is 4. The molecule has 0 saturated carbocycles. The van der Waals surface area contributed by atoms with Gasteiger partial charge in [-0.3, -0.25) is 9.59 Å². The zero-order chi connectivity index (χ0) is 16.1. The Morgan fingerprint density at radius 1 is 1.09 bits per heavy atom. The molecule has 0 aliphatic heterocycles. The van der Waals surface area contributed by atoms with Gasteiger partial charge >= 0.3 is 0 Å². The quantitative estimate of drug-likeness (QED) is 0.642. The summed E-state index contributed by atoms with van der Waals surface area (Å²) in [5.74, 6) is -0.369. The van der Waals surface area contributed by atoms with Gasteiger partial charge in [-0.15, -0.1) is 0 Å². The van der Waals surface area contributed by atoms with Gasteiger partial charge in [0.05, 0.1) is 0 Å². The second kappa shape index (κ2) is 7.25. The zero-order valence-corrected chi connectivity index (χ0v) is 13.3. The molecule has 0 saturated heterocycles. The molecule has 0 radical (unpaired) electrons. The number of carbonyl (C=O) groups is 2. The maximum Gasteiger partial charge on any atom is 0.248 e. The molecule has 0 aliphatic rings. The molecule has 0 spiro atoms. The summed E-state index contributed by atoms with van der Waals surface area (Å²) in [6.45, 7) is 1.48. The van der Waals surface area contributed by atoms with E-state index >= 15 is 0 Å². The summed E-state index contributed by atoms with van der Waals surface area (Å²) < 4.78 is 0. The van der Waals surface area contributed by atoms with Crippen molar-refractivity contribution in [2.45, 2.75) is 6.92 Å². The van der Waals surface area contributed by atoms with Gasteiger partial charge in [0, 0.05) is 27.4 Å². The third kappa shape index (κ3) is 4.45. The number of carbonyl (C=O) groups excluding carboxylic acids is 2. The number of ketones is 1. The molecule has 2 aromatic rings. The first-order valence-electron chi connectivity index (χ1n) is 6.51. The average Bonchev–Trinajstić information content (AvgIpc) is 2.46. The Kier molecular flexibility index (Phi) is 5.36. The molecule has 22 heavy (non-hydrogen) atoms. The molecular weight excluding hydrogens is 321 g/mol. The number of anilines is 1. The Labute approximate surface area is 138 Å². The summed E-state index contributed by atoms with van der Waals surface area (Å²) in [6.07, 6.45) is 2.97. The minimum atomic E-state index is -0.313. The third-order valence-electron chi connectivity index (χ3n) is 2.91. The van der Waals surface area contributed by atoms with Crippen LogP contribution in [-0.4, -0.2) is 11.7 Å². The normalized spacial score (nSPS) is 10.7. The Bertz CT molecular complexity index is 754. The smallest absolute Gasteiger partial charge is 0.248 e. The largest absolute Gasteiger partial charge is 0.322 e. The Balaban J connectivity index is 2.08. The molecule has 1 amide bonds. The van der Waals surface area contributed by atoms with Gasteiger partial charge < -0.3 is 5.32 Å². The lowest BCUT2D eigenvalue weighted by molar-refractivity contribution is -0.111. The van der Waals surface area contributed by atoms with Crippen LogP contribution in [0.1, 0.15) is 22.8 Å². The molecule has 2 aromatic carbocycles. The fourth-order valence-electron chi connectivity index (χ4n) is 1.80. The topological polar surface area (TPSA) is 46.2 Å². The summed E-state index contributed by atoms with van der Waals surface area (Å²) in [5.41, 5.74) is 1.80. The lowest BCUT2D eigenvalue weighted by Crippen LogP contribution is -2.08. The van der Waals surface area contributed by atoms with Crippen molar-refractivity contribution in [1.82, 2.24) is 0 Å². The SMILES string of the molecule is CC(=O)c1cccc(NC(=O)/C=C/c2ccc(Cl)cc2Cl)c1. The molecule has 0 aromatic heterocycles. The maximum absolute atomic E-state index is 11.9. The van der Waals surface area contributed by atoms with Gasteiger partial charge in [-0.1, -0.05) is 41.4 Å². The van der Waals surface area contributed by atoms with Crippen LogP contribution in [0.2, 0.25) is 10.0 Å². The van der Waals surface area contributed by atoms with E-state index in [1.807, 2.05) is 0 Å². The van der Waals surface area contributed by atoms with Crippen molar-refractivity contribution in [2.24, 2.45) is 0 Å². The van der Waals surface area contributed by atoms with E-state index in [4.69, 9.17) is 23.2 Å². The van der Waals surface area contributed by atoms with Crippen molar-refractivity contribution in [3.8, 4) is 0 Å². The molecule has 0 unspecified atom stereocenters. The molecule has 2 rings (SSSR count). The predicted octanol–water partition coefficient (Wildman–Crippen LogP) is 4.85. The van der Waals surface area contributed by atoms with Crippen LogP contribution in [0, 0.1) is 0 Å². The van der Waals surface area contributed by atoms with Gasteiger partial charge in [-0.25, -0.2) is 0 Å². The lowest BCUT2D eigenvalue weighted by Gasteiger charge is -2.04. The van der Waals surface area contributed by atoms with Crippen molar-refractivity contribution in [2.75, 3.05) is 5.32 Å². The summed E-state index contributed by atoms with van der Waals surface area (Å²) in [7, 11) is 0. The third-order valence-corrected chi connectivity index (χ3v) is 3.48. The molecule has 5 heteroatoms. The van der Waals surface area contributed by atoms with Crippen LogP contribution >= 0.6 is 23.2 Å². The second-order valence-corrected chi connectivity index (χ2v) is 5.47. The summed E-state index contributed by atoms with van der Waals surface area (Å²) >= 11 is 11.8. The fourth-order valence-corrected chi connectivity index (χ4v) is 2.27. The van der Waals surface area contributed by atoms with Crippen LogP contribution in [0.3, 0.4) is 0 Å². The highest BCUT2D eigenvalue weighted by Crippen LogP contribution is 2.22. The monoisotopic (exact) mass is 333 g/mol. The van der Waals surface area contributed by atoms with Crippen LogP contribution in [0.25, 0.3) is 6.08 Å². The highest BCUT2D eigenvalue weighted by molar-refractivity contribution is 6.35. The lowest BCUT2D eigenvalue weighted by atomic mass is 10.1. The van der Waals surface area contributed by atoms with Crippen LogP contribution in [0.4, 0.5) is 5.69 Å². The highest BCUT2D eigenvalue weighted by Gasteiger charge is 2.03. The van der Waals surface area contributed by atoms with Gasteiger partial charge in [-0.05, 0) is 42.8 Å². The number of benzene rings is 2. The molecular formula is C17H13Cl2NO2. The molecule has 0 aliphatic carbocycles. The summed E-state index contributed by atoms with van der Waals surface area (Å²) in [6, 6.07) is 11.8. The van der Waals surface area contributed by atoms with Gasteiger partial charge in [0.2, 0.25) is 5.91 Å². The van der Waals surface area contributed by atoms with E-state index in [9.17, 15) is 9.59 Å². The first-order valence-corrected chi connectivity index (χ1v) is 7.26. The Morgan fingerprint density at radius 2 is 1.86 bits per heavy atom. The molecule has 0 atom stereocenters. The van der Waals surface area contributed by atoms with Crippen molar-refractivity contribution < 1.29 is 9.59 Å². The van der Waals surface area contributed by atoms with E-state index in [-0.39, 0.29) is 11.7 Å². The number of amides is 1. The first kappa shape index (κ1) is 16.3. The number of nitrogens with one attached hydrogen (secondary N) is 1. The van der Waals surface area contributed by atoms with Gasteiger partial charge in [0.1, 0.15) is 0 Å². The average molecular weight is 334 g/mol. The number of Topliss-reactive ketones (excluding diaryl/α,β-unsaturated/α-hetero) is 1. The van der Waals surface area contributed by atoms with E-state index in [0.717, 1.165) is 0 Å². The van der Waals surface area contributed by atoms with E-state index in [1.54, 1.807) is 48.5 Å². The van der Waals surface area contributed by atoms with Crippen molar-refractivity contribution >= 4 is 46.7 Å². The number of hydrogen-bond acceptors (Lipinski definition) is 2. The van der Waals surface area contributed by atoms with Crippen LogP contribution in [0.5, 0.6) is 0 Å². The van der Waals surface area contributed by atoms with Gasteiger partial charge in [-0.2, -0.15) is 0 Å². The zero-order valence-electron chi connectivity index (χ0n) is 11.8. The number of halogens is 2. The van der Waals surface area contributed by atoms with E-state index in [2.05, 4.69) is 5.32 Å². The van der Waals surface area contributed by atoms with E-state index < -0.39 is 0 Å². The summed E-state index contributed by atoms with van der Waals surface area (Å²) in [4.78, 5) is 23.2. The Hall–Kier alpha value is -2.10. The molecule has 0 heterocycles. The van der Waals surface area contributed by atoms with Crippen molar-refractivity contribution in [1.29, 1.82) is 0 Å². The maximum atomic E-state index is 11.9. The van der Waals surface area contributed by atoms with Gasteiger partial charge in [0.15, 0.2) is 5.78 Å². The second-order valence-electron chi connectivity index (χ2n) is 4.63.